The molecule has 0 unspecified atom stereocenters. The number of nitrogens with zero attached hydrogens (tertiary/aromatic N) is 2. The molecule has 3 aromatic carbocycles. The molecule has 0 radical (unpaired) electrons. The minimum absolute atomic E-state index is 0.0649. The number of nitrogens with two attached hydrogens (primary N) is 1. The van der Waals surface area contributed by atoms with Gasteiger partial charge in [-0.1, -0.05) is 42.5 Å². The number of benzene rings is 3. The first kappa shape index (κ1) is 21.7. The van der Waals surface area contributed by atoms with E-state index in [1.807, 2.05) is 29.9 Å². The van der Waals surface area contributed by atoms with Crippen LogP contribution in [-0.4, -0.2) is 14.5 Å². The Labute approximate surface area is 198 Å². The van der Waals surface area contributed by atoms with Gasteiger partial charge in [-0.05, 0) is 77.3 Å². The Morgan fingerprint density at radius 3 is 2.59 bits per heavy atom. The van der Waals surface area contributed by atoms with Gasteiger partial charge in [-0.3, -0.25) is 4.79 Å². The van der Waals surface area contributed by atoms with Crippen molar-refractivity contribution in [3.05, 3.63) is 118 Å². The van der Waals surface area contributed by atoms with Gasteiger partial charge < -0.3 is 15.3 Å². The van der Waals surface area contributed by atoms with Gasteiger partial charge in [-0.2, -0.15) is 0 Å². The molecule has 6 rings (SSSR count). The van der Waals surface area contributed by atoms with Gasteiger partial charge in [0.15, 0.2) is 0 Å². The lowest BCUT2D eigenvalue weighted by molar-refractivity contribution is 0.821. The zero-order chi connectivity index (χ0) is 23.5. The first-order valence-corrected chi connectivity index (χ1v) is 11.6. The van der Waals surface area contributed by atoms with Crippen LogP contribution < -0.4 is 11.3 Å². The average molecular weight is 449 g/mol. The molecule has 5 aromatic rings. The lowest BCUT2D eigenvalue weighted by Gasteiger charge is -2.13. The van der Waals surface area contributed by atoms with Crippen LogP contribution in [-0.2, 0) is 26.3 Å². The molecule has 0 aliphatic heterocycles. The Kier molecular flexibility index (Phi) is 6.00. The number of aromatic amines is 1. The van der Waals surface area contributed by atoms with Gasteiger partial charge in [-0.25, -0.2) is 4.98 Å². The van der Waals surface area contributed by atoms with Crippen LogP contribution in [0, 0.1) is 0 Å². The lowest BCUT2D eigenvalue weighted by atomic mass is 9.93. The number of nitrogen functional groups attached to an aromatic ring is 1. The van der Waals surface area contributed by atoms with E-state index in [4.69, 9.17) is 5.73 Å². The van der Waals surface area contributed by atoms with Gasteiger partial charge in [0.1, 0.15) is 0 Å². The fraction of sp³-hybridized carbons (Fsp3) is 0.172. The van der Waals surface area contributed by atoms with E-state index in [-0.39, 0.29) is 5.56 Å². The average Bonchev–Trinajstić information content (AvgIpc) is 3.32. The standard InChI is InChI=1S/C25H22N2O.C4H6N2/c26-23-9-7-17-11-18-8-10-24-22(14-18)21(15-25(28)27-24)19-5-1-3-16(12-19)4-2-6-20(23)13-17;1-6-3-2-5-4-6/h1,3,5,7-10,12-15H,2,4,6,11,26H2,(H,27,28);2-4H,1H3. The number of aryl methyl sites for hydroxylation is 3. The smallest absolute Gasteiger partial charge is 0.249 e. The zero-order valence-corrected chi connectivity index (χ0v) is 19.3. The minimum Gasteiger partial charge on any atom is -0.399 e. The van der Waals surface area contributed by atoms with Crippen molar-refractivity contribution < 1.29 is 0 Å². The predicted octanol–water partition coefficient (Wildman–Crippen LogP) is 5.28. The van der Waals surface area contributed by atoms with Crippen molar-refractivity contribution in [2.24, 2.45) is 7.05 Å². The van der Waals surface area contributed by atoms with Crippen molar-refractivity contribution in [2.45, 2.75) is 25.7 Å². The molecule has 0 atom stereocenters. The highest BCUT2D eigenvalue weighted by molar-refractivity contribution is 5.94. The van der Waals surface area contributed by atoms with Crippen molar-refractivity contribution in [2.75, 3.05) is 5.73 Å². The molecular weight excluding hydrogens is 420 g/mol. The molecule has 5 heteroatoms. The zero-order valence-electron chi connectivity index (χ0n) is 19.3. The van der Waals surface area contributed by atoms with Gasteiger partial charge in [0.05, 0.1) is 6.33 Å². The highest BCUT2D eigenvalue weighted by Gasteiger charge is 2.10. The summed E-state index contributed by atoms with van der Waals surface area (Å²) in [5, 5.41) is 1.09. The number of rotatable bonds is 0. The number of hydrogen-bond donors (Lipinski definition) is 2. The molecule has 0 fully saturated rings. The molecule has 34 heavy (non-hydrogen) atoms. The second-order valence-electron chi connectivity index (χ2n) is 8.92. The van der Waals surface area contributed by atoms with Gasteiger partial charge >= 0.3 is 0 Å². The van der Waals surface area contributed by atoms with Crippen molar-refractivity contribution in [1.29, 1.82) is 0 Å². The van der Waals surface area contributed by atoms with Gasteiger partial charge in [0.25, 0.3) is 0 Å². The SMILES string of the molecule is Cn1ccnc1.Nc1ccc2cc1CCCc1cccc(c1)-c1cc(=O)[nH]c3ccc(cc13)C2. The maximum atomic E-state index is 12.2. The fourth-order valence-electron chi connectivity index (χ4n) is 4.57. The third-order valence-electron chi connectivity index (χ3n) is 6.31. The molecule has 0 spiro atoms. The summed E-state index contributed by atoms with van der Waals surface area (Å²) in [6, 6.07) is 23.0. The van der Waals surface area contributed by atoms with E-state index in [1.54, 1.807) is 18.6 Å². The highest BCUT2D eigenvalue weighted by atomic mass is 16.1. The molecule has 0 saturated carbocycles. The normalized spacial score (nSPS) is 12.6. The number of fused-ring (bicyclic) bond motifs is 6. The lowest BCUT2D eigenvalue weighted by Crippen LogP contribution is -2.05. The Hall–Kier alpha value is -4.12. The summed E-state index contributed by atoms with van der Waals surface area (Å²) < 4.78 is 1.89. The molecule has 3 N–H and O–H groups in total. The number of anilines is 1. The molecule has 0 amide bonds. The topological polar surface area (TPSA) is 76.7 Å². The van der Waals surface area contributed by atoms with Crippen molar-refractivity contribution in [1.82, 2.24) is 14.5 Å². The Morgan fingerprint density at radius 2 is 1.79 bits per heavy atom. The van der Waals surface area contributed by atoms with Crippen LogP contribution in [0.2, 0.25) is 0 Å². The van der Waals surface area contributed by atoms with Crippen molar-refractivity contribution in [3.8, 4) is 11.1 Å². The van der Waals surface area contributed by atoms with Gasteiger partial charge in [0.2, 0.25) is 5.56 Å². The summed E-state index contributed by atoms with van der Waals surface area (Å²) in [6.07, 6.45) is 9.25. The molecule has 5 nitrogen and oxygen atoms in total. The van der Waals surface area contributed by atoms with E-state index < -0.39 is 0 Å². The molecule has 170 valence electrons. The van der Waals surface area contributed by atoms with Crippen molar-refractivity contribution in [3.63, 3.8) is 0 Å². The van der Waals surface area contributed by atoms with E-state index in [9.17, 15) is 4.79 Å². The van der Waals surface area contributed by atoms with Crippen LogP contribution in [0.3, 0.4) is 0 Å². The van der Waals surface area contributed by atoms with Gasteiger partial charge in [0, 0.05) is 42.1 Å². The van der Waals surface area contributed by atoms with Crippen LogP contribution in [0.1, 0.15) is 28.7 Å². The molecule has 0 saturated heterocycles. The number of hydrogen-bond acceptors (Lipinski definition) is 3. The first-order valence-electron chi connectivity index (χ1n) is 11.6. The van der Waals surface area contributed by atoms with Crippen LogP contribution in [0.25, 0.3) is 22.0 Å². The molecule has 2 aromatic heterocycles. The number of nitrogens with one attached hydrogen (secondary N) is 1. The number of aromatic nitrogens is 3. The summed E-state index contributed by atoms with van der Waals surface area (Å²) in [5.41, 5.74) is 15.0. The Bertz CT molecular complexity index is 1500. The number of H-pyrrole nitrogens is 1. The van der Waals surface area contributed by atoms with Crippen LogP contribution >= 0.6 is 0 Å². The van der Waals surface area contributed by atoms with E-state index in [0.717, 1.165) is 53.4 Å². The number of pyridine rings is 1. The second-order valence-corrected chi connectivity index (χ2v) is 8.92. The van der Waals surface area contributed by atoms with Crippen molar-refractivity contribution >= 4 is 16.6 Å². The highest BCUT2D eigenvalue weighted by Crippen LogP contribution is 2.29. The van der Waals surface area contributed by atoms with E-state index in [2.05, 4.69) is 58.5 Å². The Balaban J connectivity index is 0.000000351. The largest absolute Gasteiger partial charge is 0.399 e. The molecular formula is C29H28N4O. The predicted molar refractivity (Wildman–Crippen MR) is 139 cm³/mol. The summed E-state index contributed by atoms with van der Waals surface area (Å²) in [4.78, 5) is 19.0. The third kappa shape index (κ3) is 4.79. The molecule has 2 heterocycles. The molecule has 1 aliphatic rings. The third-order valence-corrected chi connectivity index (χ3v) is 6.31. The number of imidazole rings is 1. The maximum absolute atomic E-state index is 12.2. The summed E-state index contributed by atoms with van der Waals surface area (Å²) >= 11 is 0. The summed E-state index contributed by atoms with van der Waals surface area (Å²) in [5.74, 6) is 0. The summed E-state index contributed by atoms with van der Waals surface area (Å²) in [6.45, 7) is 0. The van der Waals surface area contributed by atoms with Gasteiger partial charge in [-0.15, -0.1) is 0 Å². The molecule has 6 bridgehead atoms. The first-order chi connectivity index (χ1) is 16.5. The quantitative estimate of drug-likeness (QED) is 0.317. The Morgan fingerprint density at radius 1 is 0.941 bits per heavy atom. The second kappa shape index (κ2) is 9.40. The maximum Gasteiger partial charge on any atom is 0.249 e. The van der Waals surface area contributed by atoms with E-state index in [0.29, 0.717) is 0 Å². The fourth-order valence-corrected chi connectivity index (χ4v) is 4.57. The van der Waals surface area contributed by atoms with E-state index >= 15 is 0 Å². The van der Waals surface area contributed by atoms with Crippen LogP contribution in [0.15, 0.2) is 90.2 Å². The van der Waals surface area contributed by atoms with Crippen LogP contribution in [0.5, 0.6) is 0 Å². The van der Waals surface area contributed by atoms with Crippen LogP contribution in [0.4, 0.5) is 5.69 Å². The summed E-state index contributed by atoms with van der Waals surface area (Å²) in [7, 11) is 1.94. The van der Waals surface area contributed by atoms with E-state index in [1.165, 1.54) is 22.3 Å². The molecule has 1 aliphatic carbocycles. The monoisotopic (exact) mass is 448 g/mol. The minimum atomic E-state index is -0.0649.